The summed E-state index contributed by atoms with van der Waals surface area (Å²) in [7, 11) is 0. The van der Waals surface area contributed by atoms with E-state index in [4.69, 9.17) is 9.84 Å². The first-order valence-electron chi connectivity index (χ1n) is 5.45. The van der Waals surface area contributed by atoms with Gasteiger partial charge in [-0.15, -0.1) is 0 Å². The van der Waals surface area contributed by atoms with E-state index in [1.807, 2.05) is 0 Å². The Bertz CT molecular complexity index is 525. The van der Waals surface area contributed by atoms with Gasteiger partial charge in [0, 0.05) is 0 Å². The summed E-state index contributed by atoms with van der Waals surface area (Å²) in [5, 5.41) is 8.57. The van der Waals surface area contributed by atoms with E-state index in [1.165, 1.54) is 12.1 Å². The smallest absolute Gasteiger partial charge is 0.416 e. The largest absolute Gasteiger partial charge is 0.481 e. The first-order valence-corrected chi connectivity index (χ1v) is 5.45. The van der Waals surface area contributed by atoms with E-state index in [-0.39, 0.29) is 18.9 Å². The molecule has 102 valence electrons. The van der Waals surface area contributed by atoms with Gasteiger partial charge in [0.1, 0.15) is 12.5 Å². The number of carbonyl (C=O) groups is 1. The van der Waals surface area contributed by atoms with Crippen molar-refractivity contribution in [3.63, 3.8) is 0 Å². The second kappa shape index (κ2) is 4.91. The van der Waals surface area contributed by atoms with E-state index >= 15 is 0 Å². The zero-order valence-electron chi connectivity index (χ0n) is 9.65. The lowest BCUT2D eigenvalue weighted by Gasteiger charge is -2.13. The van der Waals surface area contributed by atoms with Gasteiger partial charge in [-0.25, -0.2) is 0 Å². The number of nitrogens with zero attached hydrogens (tertiary/aromatic N) is 1. The van der Waals surface area contributed by atoms with E-state index in [1.54, 1.807) is 0 Å². The van der Waals surface area contributed by atoms with Crippen LogP contribution < -0.4 is 0 Å². The Morgan fingerprint density at radius 3 is 2.84 bits per heavy atom. The van der Waals surface area contributed by atoms with Gasteiger partial charge in [0.25, 0.3) is 0 Å². The van der Waals surface area contributed by atoms with Gasteiger partial charge in [0.05, 0.1) is 12.1 Å². The van der Waals surface area contributed by atoms with Gasteiger partial charge in [-0.05, 0) is 17.7 Å². The third-order valence-electron chi connectivity index (χ3n) is 2.60. The molecule has 0 saturated heterocycles. The van der Waals surface area contributed by atoms with Gasteiger partial charge in [0.15, 0.2) is 5.90 Å². The summed E-state index contributed by atoms with van der Waals surface area (Å²) in [6.45, 7) is 0.129. The van der Waals surface area contributed by atoms with E-state index < -0.39 is 23.8 Å². The number of alkyl halides is 3. The highest BCUT2D eigenvalue weighted by Crippen LogP contribution is 2.32. The summed E-state index contributed by atoms with van der Waals surface area (Å²) in [5.74, 6) is -1.06. The summed E-state index contributed by atoms with van der Waals surface area (Å²) in [6.07, 6.45) is -5.44. The van der Waals surface area contributed by atoms with E-state index in [2.05, 4.69) is 4.99 Å². The number of hydrogen-bond donors (Lipinski definition) is 1. The standard InChI is InChI=1S/C12H10F3NO3/c13-12(14,15)8-3-1-2-7(4-8)9-6-16-10(19-9)5-11(17)18/h1-4,9H,5-6H2,(H,17,18). The van der Waals surface area contributed by atoms with Crippen LogP contribution in [0.15, 0.2) is 29.3 Å². The molecule has 1 unspecified atom stereocenters. The molecule has 0 aromatic heterocycles. The van der Waals surface area contributed by atoms with Crippen LogP contribution in [0, 0.1) is 0 Å². The molecule has 1 aromatic carbocycles. The van der Waals surface area contributed by atoms with Crippen LogP contribution in [0.25, 0.3) is 0 Å². The van der Waals surface area contributed by atoms with Crippen molar-refractivity contribution in [1.82, 2.24) is 0 Å². The first-order chi connectivity index (χ1) is 8.86. The molecule has 0 fully saturated rings. The van der Waals surface area contributed by atoms with Gasteiger partial charge in [0.2, 0.25) is 0 Å². The van der Waals surface area contributed by atoms with Crippen LogP contribution in [0.3, 0.4) is 0 Å². The molecule has 19 heavy (non-hydrogen) atoms. The average Bonchev–Trinajstić information content (AvgIpc) is 2.76. The summed E-state index contributed by atoms with van der Waals surface area (Å²) in [4.78, 5) is 14.3. The van der Waals surface area contributed by atoms with E-state index in [0.717, 1.165) is 12.1 Å². The first kappa shape index (κ1) is 13.4. The lowest BCUT2D eigenvalue weighted by atomic mass is 10.1. The molecule has 1 atom stereocenters. The van der Waals surface area contributed by atoms with Crippen molar-refractivity contribution in [2.45, 2.75) is 18.7 Å². The number of carboxylic acids is 1. The summed E-state index contributed by atoms with van der Waals surface area (Å²) >= 11 is 0. The fourth-order valence-electron chi connectivity index (χ4n) is 1.74. The third kappa shape index (κ3) is 3.24. The predicted octanol–water partition coefficient (Wildman–Crippen LogP) is 2.65. The van der Waals surface area contributed by atoms with E-state index in [0.29, 0.717) is 5.56 Å². The van der Waals surface area contributed by atoms with Gasteiger partial charge < -0.3 is 9.84 Å². The third-order valence-corrected chi connectivity index (χ3v) is 2.60. The van der Waals surface area contributed by atoms with Crippen LogP contribution in [0.4, 0.5) is 13.2 Å². The SMILES string of the molecule is O=C(O)CC1=NCC(c2cccc(C(F)(F)F)c2)O1. The van der Waals surface area contributed by atoms with Crippen molar-refractivity contribution in [2.75, 3.05) is 6.54 Å². The lowest BCUT2D eigenvalue weighted by molar-refractivity contribution is -0.138. The normalized spacial score (nSPS) is 18.9. The van der Waals surface area contributed by atoms with Gasteiger partial charge in [-0.1, -0.05) is 12.1 Å². The number of aliphatic imine (C=N–C) groups is 1. The second-order valence-corrected chi connectivity index (χ2v) is 4.03. The minimum absolute atomic E-state index is 0.0370. The predicted molar refractivity (Wildman–Crippen MR) is 59.8 cm³/mol. The quantitative estimate of drug-likeness (QED) is 0.921. The Hall–Kier alpha value is -2.05. The molecule has 1 aliphatic rings. The molecule has 4 nitrogen and oxygen atoms in total. The molecule has 0 aliphatic carbocycles. The Labute approximate surface area is 106 Å². The van der Waals surface area contributed by atoms with Gasteiger partial charge >= 0.3 is 12.1 Å². The molecular formula is C12H10F3NO3. The summed E-state index contributed by atoms with van der Waals surface area (Å²) in [6, 6.07) is 4.75. The zero-order valence-corrected chi connectivity index (χ0v) is 9.65. The number of rotatable bonds is 3. The van der Waals surface area contributed by atoms with Crippen LogP contribution in [0.2, 0.25) is 0 Å². The van der Waals surface area contributed by atoms with Crippen LogP contribution in [-0.4, -0.2) is 23.5 Å². The second-order valence-electron chi connectivity index (χ2n) is 4.03. The molecule has 0 radical (unpaired) electrons. The van der Waals surface area contributed by atoms with Gasteiger partial charge in [-0.3, -0.25) is 9.79 Å². The molecule has 2 rings (SSSR count). The number of aliphatic carboxylic acids is 1. The molecular weight excluding hydrogens is 263 g/mol. The number of ether oxygens (including phenoxy) is 1. The molecule has 0 amide bonds. The molecule has 1 aromatic rings. The maximum absolute atomic E-state index is 12.6. The van der Waals surface area contributed by atoms with Crippen molar-refractivity contribution in [2.24, 2.45) is 4.99 Å². The fraction of sp³-hybridized carbons (Fsp3) is 0.333. The topological polar surface area (TPSA) is 58.9 Å². The molecule has 0 spiro atoms. The summed E-state index contributed by atoms with van der Waals surface area (Å²) in [5.41, 5.74) is -0.431. The average molecular weight is 273 g/mol. The maximum Gasteiger partial charge on any atom is 0.416 e. The zero-order chi connectivity index (χ0) is 14.0. The van der Waals surface area contributed by atoms with E-state index in [9.17, 15) is 18.0 Å². The number of benzene rings is 1. The van der Waals surface area contributed by atoms with Crippen molar-refractivity contribution in [3.05, 3.63) is 35.4 Å². The molecule has 1 N–H and O–H groups in total. The van der Waals surface area contributed by atoms with Crippen LogP contribution >= 0.6 is 0 Å². The lowest BCUT2D eigenvalue weighted by Crippen LogP contribution is -2.11. The monoisotopic (exact) mass is 273 g/mol. The highest BCUT2D eigenvalue weighted by Gasteiger charge is 2.32. The highest BCUT2D eigenvalue weighted by atomic mass is 19.4. The van der Waals surface area contributed by atoms with Crippen molar-refractivity contribution < 1.29 is 27.8 Å². The van der Waals surface area contributed by atoms with Crippen LogP contribution in [-0.2, 0) is 15.7 Å². The molecule has 1 heterocycles. The number of hydrogen-bond acceptors (Lipinski definition) is 3. The van der Waals surface area contributed by atoms with Crippen molar-refractivity contribution >= 4 is 11.9 Å². The number of carboxylic acid groups (broad SMARTS) is 1. The fourth-order valence-corrected chi connectivity index (χ4v) is 1.74. The number of halogens is 3. The van der Waals surface area contributed by atoms with Gasteiger partial charge in [-0.2, -0.15) is 13.2 Å². The summed E-state index contributed by atoms with van der Waals surface area (Å²) < 4.78 is 42.9. The minimum atomic E-state index is -4.42. The highest BCUT2D eigenvalue weighted by molar-refractivity contribution is 5.94. The van der Waals surface area contributed by atoms with Crippen LogP contribution in [0.1, 0.15) is 23.7 Å². The molecule has 1 aliphatic heterocycles. The Morgan fingerprint density at radius 1 is 1.47 bits per heavy atom. The molecule has 0 bridgehead atoms. The Morgan fingerprint density at radius 2 is 2.21 bits per heavy atom. The van der Waals surface area contributed by atoms with Crippen LogP contribution in [0.5, 0.6) is 0 Å². The Kier molecular flexibility index (Phi) is 3.46. The van der Waals surface area contributed by atoms with Crippen molar-refractivity contribution in [3.8, 4) is 0 Å². The Balaban J connectivity index is 2.11. The van der Waals surface area contributed by atoms with Crippen molar-refractivity contribution in [1.29, 1.82) is 0 Å². The maximum atomic E-state index is 12.6. The molecule has 0 saturated carbocycles. The minimum Gasteiger partial charge on any atom is -0.481 e. The molecule has 7 heteroatoms.